The van der Waals surface area contributed by atoms with Crippen molar-refractivity contribution in [3.8, 4) is 0 Å². The van der Waals surface area contributed by atoms with Gasteiger partial charge < -0.3 is 40.3 Å². The first-order valence-corrected chi connectivity index (χ1v) is 29.8. The van der Waals surface area contributed by atoms with Crippen LogP contribution >= 0.6 is 0 Å². The zero-order valence-electron chi connectivity index (χ0n) is 45.5. The van der Waals surface area contributed by atoms with E-state index in [2.05, 4.69) is 67.8 Å². The Kier molecular flexibility index (Phi) is 47.9. The van der Waals surface area contributed by atoms with Crippen LogP contribution in [0.5, 0.6) is 0 Å². The molecular formula is C61H113NO8. The molecule has 70 heavy (non-hydrogen) atoms. The average Bonchev–Trinajstić information content (AvgIpc) is 3.36. The molecule has 1 rings (SSSR count). The number of carbonyl (C=O) groups excluding carboxylic acids is 1. The topological polar surface area (TPSA) is 149 Å². The lowest BCUT2D eigenvalue weighted by molar-refractivity contribution is -0.302. The van der Waals surface area contributed by atoms with Gasteiger partial charge in [-0.3, -0.25) is 4.79 Å². The fraction of sp³-hybridized carbons (Fsp3) is 0.852. The molecule has 0 spiro atoms. The minimum absolute atomic E-state index is 0.136. The Labute approximate surface area is 431 Å². The van der Waals surface area contributed by atoms with Crippen molar-refractivity contribution in [2.24, 2.45) is 0 Å². The van der Waals surface area contributed by atoms with E-state index in [9.17, 15) is 30.3 Å². The Bertz CT molecular complexity index is 1240. The van der Waals surface area contributed by atoms with E-state index in [1.807, 2.05) is 0 Å². The molecule has 0 aliphatic carbocycles. The van der Waals surface area contributed by atoms with Crippen molar-refractivity contribution in [1.82, 2.24) is 5.32 Å². The van der Waals surface area contributed by atoms with Crippen LogP contribution in [0.2, 0.25) is 0 Å². The molecule has 1 amide bonds. The highest BCUT2D eigenvalue weighted by Crippen LogP contribution is 2.23. The maximum absolute atomic E-state index is 12.9. The highest BCUT2D eigenvalue weighted by Gasteiger charge is 2.44. The summed E-state index contributed by atoms with van der Waals surface area (Å²) in [4.78, 5) is 12.9. The van der Waals surface area contributed by atoms with Gasteiger partial charge in [-0.2, -0.15) is 0 Å². The predicted octanol–water partition coefficient (Wildman–Crippen LogP) is 14.9. The van der Waals surface area contributed by atoms with Crippen molar-refractivity contribution in [3.05, 3.63) is 48.6 Å². The van der Waals surface area contributed by atoms with E-state index in [4.69, 9.17) is 9.47 Å². The number of ether oxygens (including phenoxy) is 2. The zero-order valence-corrected chi connectivity index (χ0v) is 45.5. The summed E-state index contributed by atoms with van der Waals surface area (Å²) < 4.78 is 11.2. The van der Waals surface area contributed by atoms with Crippen LogP contribution in [0.15, 0.2) is 48.6 Å². The molecule has 410 valence electrons. The smallest absolute Gasteiger partial charge is 0.220 e. The third kappa shape index (κ3) is 39.7. The number of hydrogen-bond acceptors (Lipinski definition) is 8. The fourth-order valence-corrected chi connectivity index (χ4v) is 9.51. The van der Waals surface area contributed by atoms with Crippen molar-refractivity contribution in [3.63, 3.8) is 0 Å². The van der Waals surface area contributed by atoms with Gasteiger partial charge in [0, 0.05) is 6.42 Å². The molecule has 0 aromatic rings. The lowest BCUT2D eigenvalue weighted by Crippen LogP contribution is -2.60. The van der Waals surface area contributed by atoms with Crippen molar-refractivity contribution in [1.29, 1.82) is 0 Å². The Hall–Kier alpha value is -1.85. The van der Waals surface area contributed by atoms with Gasteiger partial charge in [0.15, 0.2) is 6.29 Å². The SMILES string of the molecule is CC/C=C\C/C=C\C/C=C\C/C=C\CCCCCCCCCCCCCCCCCCCCCCCCCCCCCCC(=O)NC(COC1OC(CO)C(O)C(O)C1O)C(O)CCCCCCCC. The predicted molar refractivity (Wildman–Crippen MR) is 295 cm³/mol. The Balaban J connectivity index is 1.92. The summed E-state index contributed by atoms with van der Waals surface area (Å²) in [6, 6.07) is -0.713. The number of aliphatic hydroxyl groups is 5. The zero-order chi connectivity index (χ0) is 50.8. The summed E-state index contributed by atoms with van der Waals surface area (Å²) >= 11 is 0. The van der Waals surface area contributed by atoms with E-state index in [0.717, 1.165) is 64.2 Å². The van der Waals surface area contributed by atoms with E-state index in [1.165, 1.54) is 186 Å². The minimum atomic E-state index is -1.55. The first kappa shape index (κ1) is 66.2. The summed E-state index contributed by atoms with van der Waals surface area (Å²) in [5, 5.41) is 54.1. The van der Waals surface area contributed by atoms with E-state index in [-0.39, 0.29) is 12.5 Å². The molecule has 0 bridgehead atoms. The number of amides is 1. The average molecular weight is 989 g/mol. The standard InChI is InChI=1S/C61H113NO8/c1-3-5-7-9-11-12-13-14-15-16-17-18-19-20-21-22-23-24-25-26-27-28-29-30-31-32-33-34-35-36-37-38-39-40-41-42-43-44-45-47-49-51-57(65)62-54(55(64)50-48-46-10-8-6-4-2)53-69-61-60(68)59(67)58(66)56(52-63)70-61/h5,7,11-12,14-15,17-18,54-56,58-61,63-64,66-68H,3-4,6,8-10,13,16,19-53H2,1-2H3,(H,62,65)/b7-5-,12-11-,15-14-,18-17-. The molecule has 9 nitrogen and oxygen atoms in total. The third-order valence-electron chi connectivity index (χ3n) is 14.2. The summed E-state index contributed by atoms with van der Waals surface area (Å²) in [7, 11) is 0. The molecule has 0 radical (unpaired) electrons. The summed E-state index contributed by atoms with van der Waals surface area (Å²) in [6.45, 7) is 3.67. The van der Waals surface area contributed by atoms with E-state index in [0.29, 0.717) is 12.8 Å². The fourth-order valence-electron chi connectivity index (χ4n) is 9.51. The third-order valence-corrected chi connectivity index (χ3v) is 14.2. The molecule has 7 unspecified atom stereocenters. The van der Waals surface area contributed by atoms with Crippen LogP contribution in [0, 0.1) is 0 Å². The van der Waals surface area contributed by atoms with E-state index < -0.39 is 49.5 Å². The first-order valence-electron chi connectivity index (χ1n) is 29.8. The lowest BCUT2D eigenvalue weighted by Gasteiger charge is -2.40. The molecule has 1 aliphatic heterocycles. The van der Waals surface area contributed by atoms with Gasteiger partial charge in [-0.15, -0.1) is 0 Å². The molecule has 0 aromatic carbocycles. The number of hydrogen-bond donors (Lipinski definition) is 6. The van der Waals surface area contributed by atoms with Gasteiger partial charge in [0.25, 0.3) is 0 Å². The van der Waals surface area contributed by atoms with Crippen LogP contribution in [-0.4, -0.2) is 87.5 Å². The summed E-state index contributed by atoms with van der Waals surface area (Å²) in [5.41, 5.74) is 0. The minimum Gasteiger partial charge on any atom is -0.394 e. The normalized spacial score (nSPS) is 19.7. The lowest BCUT2D eigenvalue weighted by atomic mass is 9.99. The molecule has 0 aromatic heterocycles. The largest absolute Gasteiger partial charge is 0.394 e. The Morgan fingerprint density at radius 1 is 0.500 bits per heavy atom. The number of nitrogens with one attached hydrogen (secondary N) is 1. The van der Waals surface area contributed by atoms with Crippen LogP contribution in [0.1, 0.15) is 277 Å². The van der Waals surface area contributed by atoms with Crippen LogP contribution < -0.4 is 5.32 Å². The molecule has 9 heteroatoms. The Morgan fingerprint density at radius 3 is 1.31 bits per heavy atom. The van der Waals surface area contributed by atoms with E-state index in [1.54, 1.807) is 0 Å². The van der Waals surface area contributed by atoms with Gasteiger partial charge in [0.05, 0.1) is 25.4 Å². The second kappa shape index (κ2) is 50.7. The van der Waals surface area contributed by atoms with E-state index >= 15 is 0 Å². The molecule has 7 atom stereocenters. The maximum Gasteiger partial charge on any atom is 0.220 e. The van der Waals surface area contributed by atoms with Crippen molar-refractivity contribution >= 4 is 5.91 Å². The first-order chi connectivity index (χ1) is 34.3. The monoisotopic (exact) mass is 988 g/mol. The number of carbonyl (C=O) groups is 1. The molecule has 1 aliphatic rings. The second-order valence-electron chi connectivity index (χ2n) is 20.8. The molecule has 6 N–H and O–H groups in total. The van der Waals surface area contributed by atoms with Gasteiger partial charge in [-0.1, -0.05) is 268 Å². The van der Waals surface area contributed by atoms with Gasteiger partial charge >= 0.3 is 0 Å². The quantitative estimate of drug-likeness (QED) is 0.0261. The van der Waals surface area contributed by atoms with Crippen LogP contribution in [0.3, 0.4) is 0 Å². The highest BCUT2D eigenvalue weighted by atomic mass is 16.7. The van der Waals surface area contributed by atoms with Crippen molar-refractivity contribution < 1.29 is 39.8 Å². The van der Waals surface area contributed by atoms with Gasteiger partial charge in [-0.05, 0) is 51.4 Å². The molecule has 1 fully saturated rings. The number of unbranched alkanes of at least 4 members (excludes halogenated alkanes) is 33. The number of rotatable bonds is 51. The van der Waals surface area contributed by atoms with Crippen LogP contribution in [0.4, 0.5) is 0 Å². The number of allylic oxidation sites excluding steroid dienone is 8. The molecule has 1 saturated heterocycles. The van der Waals surface area contributed by atoms with Crippen molar-refractivity contribution in [2.45, 2.75) is 320 Å². The van der Waals surface area contributed by atoms with Gasteiger partial charge in [-0.25, -0.2) is 0 Å². The second-order valence-corrected chi connectivity index (χ2v) is 20.8. The highest BCUT2D eigenvalue weighted by molar-refractivity contribution is 5.76. The summed E-state index contributed by atoms with van der Waals surface area (Å²) in [6.07, 6.45) is 60.9. The van der Waals surface area contributed by atoms with Crippen molar-refractivity contribution in [2.75, 3.05) is 13.2 Å². The van der Waals surface area contributed by atoms with Crippen LogP contribution in [-0.2, 0) is 14.3 Å². The van der Waals surface area contributed by atoms with Gasteiger partial charge in [0.1, 0.15) is 24.4 Å². The molecule has 1 heterocycles. The maximum atomic E-state index is 12.9. The molecular weight excluding hydrogens is 875 g/mol. The Morgan fingerprint density at radius 2 is 0.886 bits per heavy atom. The molecule has 0 saturated carbocycles. The summed E-state index contributed by atoms with van der Waals surface area (Å²) in [5.74, 6) is -0.145. The van der Waals surface area contributed by atoms with Crippen LogP contribution in [0.25, 0.3) is 0 Å². The van der Waals surface area contributed by atoms with Gasteiger partial charge in [0.2, 0.25) is 5.91 Å². The number of aliphatic hydroxyl groups excluding tert-OH is 5.